The fourth-order valence-corrected chi connectivity index (χ4v) is 3.91. The second-order valence-corrected chi connectivity index (χ2v) is 7.01. The molecule has 0 aliphatic carbocycles. The number of aliphatic hydroxyl groups is 1. The van der Waals surface area contributed by atoms with Gasteiger partial charge >= 0.3 is 0 Å². The maximum Gasteiger partial charge on any atom is 0.222 e. The summed E-state index contributed by atoms with van der Waals surface area (Å²) in [5.41, 5.74) is 0.245. The maximum absolute atomic E-state index is 11.9. The van der Waals surface area contributed by atoms with E-state index < -0.39 is 0 Å². The lowest BCUT2D eigenvalue weighted by Crippen LogP contribution is -2.52. The summed E-state index contributed by atoms with van der Waals surface area (Å²) in [6.45, 7) is 6.17. The summed E-state index contributed by atoms with van der Waals surface area (Å²) in [7, 11) is 1.94. The number of nitrogens with zero attached hydrogens (tertiary/aromatic N) is 5. The summed E-state index contributed by atoms with van der Waals surface area (Å²) >= 11 is 0. The van der Waals surface area contributed by atoms with E-state index in [4.69, 9.17) is 5.11 Å². The lowest BCUT2D eigenvalue weighted by molar-refractivity contribution is -0.139. The van der Waals surface area contributed by atoms with Crippen LogP contribution in [0.4, 0.5) is 0 Å². The van der Waals surface area contributed by atoms with Crippen LogP contribution in [0.1, 0.15) is 37.3 Å². The highest BCUT2D eigenvalue weighted by atomic mass is 16.3. The minimum atomic E-state index is 0.0550. The standard InChI is InChI=1S/C16H27N5O2/c1-13-17-14(19(2)18-13)11-20-7-5-16(6-8-20)4-3-15(23)21(12-16)9-10-22/h22H,3-12H2,1-2H3. The zero-order valence-electron chi connectivity index (χ0n) is 14.2. The average Bonchev–Trinajstić information content (AvgIpc) is 2.84. The molecule has 1 amide bonds. The molecule has 0 atom stereocenters. The highest BCUT2D eigenvalue weighted by Crippen LogP contribution is 2.40. The molecule has 0 radical (unpaired) electrons. The van der Waals surface area contributed by atoms with E-state index in [2.05, 4.69) is 15.0 Å². The van der Waals surface area contributed by atoms with E-state index in [1.807, 2.05) is 23.6 Å². The third-order valence-electron chi connectivity index (χ3n) is 5.36. The van der Waals surface area contributed by atoms with Gasteiger partial charge in [-0.15, -0.1) is 0 Å². The largest absolute Gasteiger partial charge is 0.395 e. The number of aliphatic hydroxyl groups excluding tert-OH is 1. The molecule has 2 aliphatic rings. The number of β-amino-alcohol motifs (C(OH)–C–C–N with tert-alkyl or cyclic N) is 1. The second-order valence-electron chi connectivity index (χ2n) is 7.01. The van der Waals surface area contributed by atoms with E-state index in [9.17, 15) is 4.79 Å². The van der Waals surface area contributed by atoms with Gasteiger partial charge in [0.2, 0.25) is 5.91 Å². The van der Waals surface area contributed by atoms with Crippen molar-refractivity contribution in [3.63, 3.8) is 0 Å². The van der Waals surface area contributed by atoms with E-state index in [1.165, 1.54) is 0 Å². The molecule has 0 unspecified atom stereocenters. The quantitative estimate of drug-likeness (QED) is 0.864. The van der Waals surface area contributed by atoms with Crippen molar-refractivity contribution in [2.75, 3.05) is 32.8 Å². The molecule has 2 aliphatic heterocycles. The minimum Gasteiger partial charge on any atom is -0.395 e. The molecule has 2 fully saturated rings. The van der Waals surface area contributed by atoms with Gasteiger partial charge in [-0.2, -0.15) is 5.10 Å². The van der Waals surface area contributed by atoms with Crippen LogP contribution in [0.5, 0.6) is 0 Å². The van der Waals surface area contributed by atoms with E-state index in [0.717, 1.165) is 57.1 Å². The van der Waals surface area contributed by atoms with Crippen molar-refractivity contribution in [3.05, 3.63) is 11.6 Å². The molecule has 7 nitrogen and oxygen atoms in total. The van der Waals surface area contributed by atoms with Gasteiger partial charge in [0.1, 0.15) is 11.6 Å². The van der Waals surface area contributed by atoms with Gasteiger partial charge in [-0.25, -0.2) is 4.98 Å². The fraction of sp³-hybridized carbons (Fsp3) is 0.812. The number of amides is 1. The fourth-order valence-electron chi connectivity index (χ4n) is 3.91. The Hall–Kier alpha value is -1.47. The number of aromatic nitrogens is 3. The molecular weight excluding hydrogens is 294 g/mol. The van der Waals surface area contributed by atoms with Crippen LogP contribution in [0.3, 0.4) is 0 Å². The zero-order chi connectivity index (χ0) is 16.4. The second kappa shape index (κ2) is 6.57. The average molecular weight is 321 g/mol. The molecule has 0 saturated carbocycles. The number of piperidine rings is 2. The highest BCUT2D eigenvalue weighted by Gasteiger charge is 2.40. The third kappa shape index (κ3) is 3.55. The molecule has 2 saturated heterocycles. The van der Waals surface area contributed by atoms with Crippen LogP contribution in [0.2, 0.25) is 0 Å². The predicted molar refractivity (Wildman–Crippen MR) is 85.6 cm³/mol. The van der Waals surface area contributed by atoms with Crippen LogP contribution >= 0.6 is 0 Å². The Morgan fingerprint density at radius 3 is 2.61 bits per heavy atom. The van der Waals surface area contributed by atoms with Crippen LogP contribution in [0.25, 0.3) is 0 Å². The molecule has 1 N–H and O–H groups in total. The van der Waals surface area contributed by atoms with Crippen molar-refractivity contribution in [1.82, 2.24) is 24.6 Å². The van der Waals surface area contributed by atoms with E-state index in [-0.39, 0.29) is 17.9 Å². The van der Waals surface area contributed by atoms with Crippen molar-refractivity contribution in [3.8, 4) is 0 Å². The third-order valence-corrected chi connectivity index (χ3v) is 5.36. The van der Waals surface area contributed by atoms with Crippen molar-refractivity contribution >= 4 is 5.91 Å². The molecule has 3 heterocycles. The van der Waals surface area contributed by atoms with Gasteiger partial charge in [0, 0.05) is 26.6 Å². The van der Waals surface area contributed by atoms with Gasteiger partial charge in [-0.05, 0) is 44.7 Å². The summed E-state index contributed by atoms with van der Waals surface area (Å²) in [4.78, 5) is 20.7. The first-order valence-electron chi connectivity index (χ1n) is 8.49. The first-order chi connectivity index (χ1) is 11.0. The summed E-state index contributed by atoms with van der Waals surface area (Å²) in [6, 6.07) is 0. The van der Waals surface area contributed by atoms with Crippen LogP contribution in [-0.2, 0) is 18.4 Å². The number of hydrogen-bond acceptors (Lipinski definition) is 5. The number of carbonyl (C=O) groups excluding carboxylic acids is 1. The van der Waals surface area contributed by atoms with Crippen LogP contribution in [0, 0.1) is 12.3 Å². The highest BCUT2D eigenvalue weighted by molar-refractivity contribution is 5.77. The summed E-state index contributed by atoms with van der Waals surface area (Å²) in [5.74, 6) is 2.03. The molecule has 23 heavy (non-hydrogen) atoms. The molecule has 1 aromatic heterocycles. The van der Waals surface area contributed by atoms with Crippen molar-refractivity contribution in [1.29, 1.82) is 0 Å². The first kappa shape index (κ1) is 16.4. The number of carbonyl (C=O) groups is 1. The summed E-state index contributed by atoms with van der Waals surface area (Å²) in [6.07, 6.45) is 3.84. The molecule has 1 spiro atoms. The monoisotopic (exact) mass is 321 g/mol. The molecule has 1 aromatic rings. The Morgan fingerprint density at radius 1 is 1.26 bits per heavy atom. The Bertz CT molecular complexity index is 563. The number of likely N-dealkylation sites (tertiary alicyclic amines) is 2. The van der Waals surface area contributed by atoms with Crippen molar-refractivity contribution in [2.45, 2.75) is 39.2 Å². The first-order valence-corrected chi connectivity index (χ1v) is 8.49. The van der Waals surface area contributed by atoms with Gasteiger partial charge in [-0.3, -0.25) is 14.4 Å². The normalized spacial score (nSPS) is 22.0. The Kier molecular flexibility index (Phi) is 4.68. The van der Waals surface area contributed by atoms with E-state index >= 15 is 0 Å². The molecule has 0 aromatic carbocycles. The summed E-state index contributed by atoms with van der Waals surface area (Å²) in [5, 5.41) is 13.4. The Morgan fingerprint density at radius 2 is 2.00 bits per heavy atom. The van der Waals surface area contributed by atoms with E-state index in [0.29, 0.717) is 13.0 Å². The Balaban J connectivity index is 1.57. The van der Waals surface area contributed by atoms with Gasteiger partial charge in [-0.1, -0.05) is 0 Å². The van der Waals surface area contributed by atoms with Crippen molar-refractivity contribution < 1.29 is 9.90 Å². The van der Waals surface area contributed by atoms with Crippen LogP contribution < -0.4 is 0 Å². The number of hydrogen-bond donors (Lipinski definition) is 1. The zero-order valence-corrected chi connectivity index (χ0v) is 14.2. The van der Waals surface area contributed by atoms with Gasteiger partial charge < -0.3 is 10.0 Å². The smallest absolute Gasteiger partial charge is 0.222 e. The molecule has 128 valence electrons. The van der Waals surface area contributed by atoms with Gasteiger partial charge in [0.05, 0.1) is 13.2 Å². The molecule has 7 heteroatoms. The maximum atomic E-state index is 11.9. The number of rotatable bonds is 4. The summed E-state index contributed by atoms with van der Waals surface area (Å²) < 4.78 is 1.86. The minimum absolute atomic E-state index is 0.0550. The van der Waals surface area contributed by atoms with Gasteiger partial charge in [0.25, 0.3) is 0 Å². The molecule has 3 rings (SSSR count). The predicted octanol–water partition coefficient (Wildman–Crippen LogP) is 0.320. The SMILES string of the molecule is Cc1nc(CN2CCC3(CCC(=O)N(CCO)C3)CC2)n(C)n1. The molecule has 0 bridgehead atoms. The van der Waals surface area contributed by atoms with Crippen molar-refractivity contribution in [2.24, 2.45) is 12.5 Å². The molecular formula is C16H27N5O2. The lowest BCUT2D eigenvalue weighted by atomic mass is 9.72. The lowest BCUT2D eigenvalue weighted by Gasteiger charge is -2.47. The number of aryl methyl sites for hydroxylation is 2. The van der Waals surface area contributed by atoms with Crippen LogP contribution in [-0.4, -0.2) is 68.4 Å². The van der Waals surface area contributed by atoms with Crippen LogP contribution in [0.15, 0.2) is 0 Å². The van der Waals surface area contributed by atoms with Gasteiger partial charge in [0.15, 0.2) is 0 Å². The van der Waals surface area contributed by atoms with E-state index in [1.54, 1.807) is 0 Å². The Labute approximate surface area is 137 Å². The topological polar surface area (TPSA) is 74.5 Å².